The van der Waals surface area contributed by atoms with Gasteiger partial charge in [-0.25, -0.2) is 8.78 Å². The van der Waals surface area contributed by atoms with Crippen molar-refractivity contribution in [3.63, 3.8) is 0 Å². The van der Waals surface area contributed by atoms with Gasteiger partial charge in [0.05, 0.1) is 6.61 Å². The van der Waals surface area contributed by atoms with Gasteiger partial charge in [0.15, 0.2) is 23.1 Å². The van der Waals surface area contributed by atoms with Crippen LogP contribution >= 0.6 is 0 Å². The molecule has 0 saturated heterocycles. The number of hydrogen-bond acceptors (Lipinski definition) is 2. The molecule has 0 unspecified atom stereocenters. The topological polar surface area (TPSA) is 18.5 Å². The normalized spacial score (nSPS) is 10.8. The zero-order valence-electron chi connectivity index (χ0n) is 18.4. The zero-order chi connectivity index (χ0) is 23.4. The lowest BCUT2D eigenvalue weighted by Gasteiger charge is -2.11. The van der Waals surface area contributed by atoms with Crippen molar-refractivity contribution in [2.45, 2.75) is 20.5 Å². The van der Waals surface area contributed by atoms with Crippen molar-refractivity contribution in [1.82, 2.24) is 0 Å². The Hall–Kier alpha value is -3.73. The molecule has 4 rings (SSSR count). The van der Waals surface area contributed by atoms with Gasteiger partial charge in [0.1, 0.15) is 6.61 Å². The van der Waals surface area contributed by atoms with Gasteiger partial charge in [-0.2, -0.15) is 4.39 Å². The van der Waals surface area contributed by atoms with Crippen LogP contribution in [0.4, 0.5) is 13.2 Å². The fourth-order valence-corrected chi connectivity index (χ4v) is 3.51. The van der Waals surface area contributed by atoms with E-state index in [1.54, 1.807) is 43.3 Å². The van der Waals surface area contributed by atoms with Crippen molar-refractivity contribution in [2.24, 2.45) is 0 Å². The highest BCUT2D eigenvalue weighted by molar-refractivity contribution is 5.66. The number of aryl methyl sites for hydroxylation is 1. The molecule has 0 spiro atoms. The first-order chi connectivity index (χ1) is 16.0. The van der Waals surface area contributed by atoms with Gasteiger partial charge in [0.2, 0.25) is 5.82 Å². The Labute approximate surface area is 191 Å². The van der Waals surface area contributed by atoms with Gasteiger partial charge in [0, 0.05) is 5.56 Å². The molecule has 0 aromatic heterocycles. The third-order valence-electron chi connectivity index (χ3n) is 5.32. The molecule has 0 bridgehead atoms. The second kappa shape index (κ2) is 9.82. The zero-order valence-corrected chi connectivity index (χ0v) is 18.4. The highest BCUT2D eigenvalue weighted by Gasteiger charge is 2.16. The molecule has 0 fully saturated rings. The number of rotatable bonds is 7. The van der Waals surface area contributed by atoms with E-state index in [9.17, 15) is 13.2 Å². The van der Waals surface area contributed by atoms with Crippen LogP contribution in [0.1, 0.15) is 18.1 Å². The average molecular weight is 448 g/mol. The second-order valence-corrected chi connectivity index (χ2v) is 7.67. The lowest BCUT2D eigenvalue weighted by atomic mass is 10.0. The summed E-state index contributed by atoms with van der Waals surface area (Å²) in [5.74, 6) is -2.32. The highest BCUT2D eigenvalue weighted by atomic mass is 19.2. The Morgan fingerprint density at radius 2 is 1.27 bits per heavy atom. The van der Waals surface area contributed by atoms with Gasteiger partial charge in [0.25, 0.3) is 0 Å². The number of benzene rings is 4. The quantitative estimate of drug-likeness (QED) is 0.288. The fourth-order valence-electron chi connectivity index (χ4n) is 3.51. The van der Waals surface area contributed by atoms with Crippen molar-refractivity contribution in [1.29, 1.82) is 0 Å². The molecule has 0 heterocycles. The van der Waals surface area contributed by atoms with E-state index < -0.39 is 17.5 Å². The highest BCUT2D eigenvalue weighted by Crippen LogP contribution is 2.31. The maximum absolute atomic E-state index is 14.6. The maximum Gasteiger partial charge on any atom is 0.201 e. The van der Waals surface area contributed by atoms with E-state index in [0.29, 0.717) is 17.7 Å². The molecule has 2 nitrogen and oxygen atoms in total. The summed E-state index contributed by atoms with van der Waals surface area (Å²) in [7, 11) is 0. The van der Waals surface area contributed by atoms with Gasteiger partial charge in [-0.1, -0.05) is 60.2 Å². The summed E-state index contributed by atoms with van der Waals surface area (Å²) < 4.78 is 54.1. The van der Waals surface area contributed by atoms with Gasteiger partial charge >= 0.3 is 0 Å². The van der Waals surface area contributed by atoms with Crippen molar-refractivity contribution >= 4 is 0 Å². The van der Waals surface area contributed by atoms with Crippen LogP contribution in [0, 0.1) is 24.4 Å². The van der Waals surface area contributed by atoms with Gasteiger partial charge in [-0.15, -0.1) is 0 Å². The number of hydrogen-bond donors (Lipinski definition) is 0. The molecular weight excluding hydrogens is 425 g/mol. The first-order valence-electron chi connectivity index (χ1n) is 10.7. The molecule has 4 aromatic rings. The molecule has 5 heteroatoms. The lowest BCUT2D eigenvalue weighted by molar-refractivity contribution is 0.285. The predicted octanol–water partition coefficient (Wildman–Crippen LogP) is 7.72. The largest absolute Gasteiger partial charge is 0.491 e. The van der Waals surface area contributed by atoms with E-state index in [2.05, 4.69) is 0 Å². The van der Waals surface area contributed by atoms with Crippen LogP contribution in [-0.2, 0) is 6.61 Å². The molecule has 0 amide bonds. The predicted molar refractivity (Wildman–Crippen MR) is 124 cm³/mol. The van der Waals surface area contributed by atoms with Crippen LogP contribution in [0.2, 0.25) is 0 Å². The third-order valence-corrected chi connectivity index (χ3v) is 5.32. The Bertz CT molecular complexity index is 1250. The Morgan fingerprint density at radius 3 is 1.94 bits per heavy atom. The lowest BCUT2D eigenvalue weighted by Crippen LogP contribution is -2.00. The summed E-state index contributed by atoms with van der Waals surface area (Å²) in [6.07, 6.45) is 0. The third kappa shape index (κ3) is 5.03. The van der Waals surface area contributed by atoms with E-state index >= 15 is 0 Å². The van der Waals surface area contributed by atoms with E-state index in [-0.39, 0.29) is 23.7 Å². The first kappa shape index (κ1) is 22.5. The molecule has 0 radical (unpaired) electrons. The molecule has 33 heavy (non-hydrogen) atoms. The number of halogens is 3. The Kier molecular flexibility index (Phi) is 6.68. The molecular formula is C28H23F3O2. The molecule has 0 aliphatic heterocycles. The van der Waals surface area contributed by atoms with E-state index in [1.807, 2.05) is 31.2 Å². The molecule has 0 atom stereocenters. The molecule has 0 aliphatic carbocycles. The summed E-state index contributed by atoms with van der Waals surface area (Å²) >= 11 is 0. The minimum Gasteiger partial charge on any atom is -0.491 e. The molecule has 0 aliphatic rings. The maximum atomic E-state index is 14.6. The fraction of sp³-hybridized carbons (Fsp3) is 0.143. The van der Waals surface area contributed by atoms with Crippen LogP contribution < -0.4 is 9.47 Å². The molecule has 4 aromatic carbocycles. The van der Waals surface area contributed by atoms with Crippen molar-refractivity contribution in [3.05, 3.63) is 107 Å². The van der Waals surface area contributed by atoms with Gasteiger partial charge in [-0.05, 0) is 60.4 Å². The van der Waals surface area contributed by atoms with Gasteiger partial charge in [-0.3, -0.25) is 0 Å². The molecule has 0 saturated carbocycles. The van der Waals surface area contributed by atoms with Crippen LogP contribution in [0.3, 0.4) is 0 Å². The standard InChI is InChI=1S/C28H23F3O2/c1-3-32-25-14-12-22(16-24(25)29)20-10-6-19(7-11-20)17-33-26-15-13-23(27(30)28(26)31)21-8-4-18(2)5-9-21/h4-16H,3,17H2,1-2H3. The van der Waals surface area contributed by atoms with Crippen LogP contribution in [0.5, 0.6) is 11.5 Å². The van der Waals surface area contributed by atoms with Gasteiger partial charge < -0.3 is 9.47 Å². The van der Waals surface area contributed by atoms with E-state index in [4.69, 9.17) is 9.47 Å². The minimum atomic E-state index is -1.02. The number of ether oxygens (including phenoxy) is 2. The SMILES string of the molecule is CCOc1ccc(-c2ccc(COc3ccc(-c4ccc(C)cc4)c(F)c3F)cc2)cc1F. The average Bonchev–Trinajstić information content (AvgIpc) is 2.82. The van der Waals surface area contributed by atoms with Crippen LogP contribution in [0.25, 0.3) is 22.3 Å². The van der Waals surface area contributed by atoms with Crippen molar-refractivity contribution in [3.8, 4) is 33.8 Å². The smallest absolute Gasteiger partial charge is 0.201 e. The minimum absolute atomic E-state index is 0.0676. The van der Waals surface area contributed by atoms with Crippen molar-refractivity contribution < 1.29 is 22.6 Å². The van der Waals surface area contributed by atoms with Crippen LogP contribution in [0.15, 0.2) is 78.9 Å². The summed E-state index contributed by atoms with van der Waals surface area (Å²) in [6.45, 7) is 4.19. The summed E-state index contributed by atoms with van der Waals surface area (Å²) in [6, 6.07) is 22.2. The second-order valence-electron chi connectivity index (χ2n) is 7.67. The Balaban J connectivity index is 1.46. The Morgan fingerprint density at radius 1 is 0.636 bits per heavy atom. The van der Waals surface area contributed by atoms with E-state index in [0.717, 1.165) is 16.7 Å². The molecule has 0 N–H and O–H groups in total. The summed E-state index contributed by atoms with van der Waals surface area (Å²) in [5.41, 5.74) is 4.13. The summed E-state index contributed by atoms with van der Waals surface area (Å²) in [4.78, 5) is 0. The van der Waals surface area contributed by atoms with Crippen LogP contribution in [-0.4, -0.2) is 6.61 Å². The van der Waals surface area contributed by atoms with E-state index in [1.165, 1.54) is 18.2 Å². The van der Waals surface area contributed by atoms with Crippen molar-refractivity contribution in [2.75, 3.05) is 6.61 Å². The first-order valence-corrected chi connectivity index (χ1v) is 10.7. The molecule has 168 valence electrons. The summed E-state index contributed by atoms with van der Waals surface area (Å²) in [5, 5.41) is 0. The monoisotopic (exact) mass is 448 g/mol.